The molecule has 3 aliphatic heterocycles. The Balaban J connectivity index is 1.05. The van der Waals surface area contributed by atoms with Crippen LogP contribution in [0.1, 0.15) is 89.1 Å². The molecule has 4 amide bonds. The quantitative estimate of drug-likeness (QED) is 0.0355. The Bertz CT molecular complexity index is 2840. The number of hydrogen-bond donors (Lipinski definition) is 6. The molecule has 4 aromatic rings. The van der Waals surface area contributed by atoms with Crippen molar-refractivity contribution < 1.29 is 64.9 Å². The van der Waals surface area contributed by atoms with Crippen LogP contribution in [0.15, 0.2) is 67.0 Å². The molecule has 0 radical (unpaired) electrons. The number of ether oxygens (including phenoxy) is 1. The minimum absolute atomic E-state index is 0.197. The molecule has 2 bridgehead atoms. The first-order chi connectivity index (χ1) is 36.7. The summed E-state index contributed by atoms with van der Waals surface area (Å²) in [5.41, 5.74) is -1.00. The molecule has 1 saturated carbocycles. The first-order valence-electron chi connectivity index (χ1n) is 25.6. The van der Waals surface area contributed by atoms with E-state index in [0.717, 1.165) is 74.4 Å². The number of amides is 4. The molecule has 2 aromatic carbocycles. The smallest absolute Gasteiger partial charge is 0.405 e. The van der Waals surface area contributed by atoms with E-state index in [-0.39, 0.29) is 28.3 Å². The summed E-state index contributed by atoms with van der Waals surface area (Å²) in [5.74, 6) is 1.43. The summed E-state index contributed by atoms with van der Waals surface area (Å²) in [7, 11) is 0. The highest BCUT2D eigenvalue weighted by Crippen LogP contribution is 2.41. The van der Waals surface area contributed by atoms with Crippen LogP contribution in [-0.2, 0) is 32.1 Å². The van der Waals surface area contributed by atoms with Gasteiger partial charge in [-0.1, -0.05) is 44.7 Å². The molecule has 420 valence electrons. The van der Waals surface area contributed by atoms with E-state index >= 15 is 8.78 Å². The zero-order chi connectivity index (χ0) is 56.4. The highest BCUT2D eigenvalue weighted by Gasteiger charge is 2.56. The van der Waals surface area contributed by atoms with E-state index in [1.165, 1.54) is 0 Å². The molecule has 4 aliphatic rings. The van der Waals surface area contributed by atoms with Crippen molar-refractivity contribution in [3.8, 4) is 23.1 Å². The van der Waals surface area contributed by atoms with Gasteiger partial charge in [0.05, 0.1) is 42.5 Å². The van der Waals surface area contributed by atoms with Crippen LogP contribution in [0.5, 0.6) is 0 Å². The Kier molecular flexibility index (Phi) is 17.1. The fraction of sp³-hybridized carbons (Fsp3) is 0.519. The Morgan fingerprint density at radius 3 is 1.97 bits per heavy atom. The number of pyridine rings is 1. The second-order valence-electron chi connectivity index (χ2n) is 22.1. The minimum Gasteiger partial charge on any atom is -0.465 e. The number of aliphatic hydroxyl groups excluding tert-OH is 1. The lowest BCUT2D eigenvalue weighted by molar-refractivity contribution is -0.220. The van der Waals surface area contributed by atoms with Gasteiger partial charge in [0, 0.05) is 78.8 Å². The van der Waals surface area contributed by atoms with Gasteiger partial charge in [-0.25, -0.2) is 28.3 Å². The number of halogens is 7. The lowest BCUT2D eigenvalue weighted by atomic mass is 9.82. The van der Waals surface area contributed by atoms with Gasteiger partial charge >= 0.3 is 18.8 Å². The van der Waals surface area contributed by atoms with Crippen molar-refractivity contribution in [2.24, 2.45) is 16.7 Å². The van der Waals surface area contributed by atoms with E-state index in [4.69, 9.17) is 9.72 Å². The fourth-order valence-corrected chi connectivity index (χ4v) is 9.99. The number of carbonyl (C=O) groups is 4. The van der Waals surface area contributed by atoms with Gasteiger partial charge in [0.15, 0.2) is 0 Å². The summed E-state index contributed by atoms with van der Waals surface area (Å²) in [6.07, 6.45) is -3.29. The monoisotopic (exact) mass is 1100 g/mol. The highest BCUT2D eigenvalue weighted by molar-refractivity contribution is 5.90. The van der Waals surface area contributed by atoms with E-state index in [1.807, 2.05) is 12.1 Å². The maximum absolute atomic E-state index is 16.1. The number of fused-ring (bicyclic) bond motifs is 2. The number of benzene rings is 2. The van der Waals surface area contributed by atoms with Gasteiger partial charge in [0.2, 0.25) is 11.8 Å². The Morgan fingerprint density at radius 1 is 0.821 bits per heavy atom. The number of alkyl halides is 5. The van der Waals surface area contributed by atoms with Crippen LogP contribution >= 0.6 is 0 Å². The van der Waals surface area contributed by atoms with Gasteiger partial charge in [-0.2, -0.15) is 27.1 Å². The number of piperazine rings is 1. The van der Waals surface area contributed by atoms with Crippen molar-refractivity contribution in [1.82, 2.24) is 46.0 Å². The SMILES string of the molecule is CC(C)(C)[C@H](NC(=O)C1CC1)C(=O)NN(Cc1c(F)cc(-c2ccn(C(F)F)n2)cc1F)C[C@H](O)[C@H](Cc1ccc(C#Cc2ccc(N3CC4CCC(C3)N4C3COC3)nc2)cc1)NC(=O)[C@@H](NC(=O)O)C(C)(C)C(F)(F)F. The van der Waals surface area contributed by atoms with Crippen molar-refractivity contribution in [1.29, 1.82) is 0 Å². The maximum atomic E-state index is 16.1. The second kappa shape index (κ2) is 23.3. The molecule has 8 rings (SSSR count). The van der Waals surface area contributed by atoms with E-state index in [0.29, 0.717) is 61.5 Å². The number of aromatic nitrogens is 3. The van der Waals surface area contributed by atoms with Gasteiger partial charge in [0.1, 0.15) is 29.5 Å². The molecular weight excluding hydrogens is 1030 g/mol. The van der Waals surface area contributed by atoms with Gasteiger partial charge in [-0.05, 0) is 99.4 Å². The van der Waals surface area contributed by atoms with Gasteiger partial charge in [0.25, 0.3) is 5.91 Å². The van der Waals surface area contributed by atoms with Gasteiger partial charge in [-0.15, -0.1) is 0 Å². The van der Waals surface area contributed by atoms with E-state index in [9.17, 15) is 51.3 Å². The second-order valence-corrected chi connectivity index (χ2v) is 22.1. The van der Waals surface area contributed by atoms with Crippen LogP contribution in [-0.4, -0.2) is 140 Å². The molecule has 0 spiro atoms. The summed E-state index contributed by atoms with van der Waals surface area (Å²) in [6.45, 7) is 4.77. The molecule has 1 aliphatic carbocycles. The van der Waals surface area contributed by atoms with Crippen LogP contribution in [0.25, 0.3) is 11.3 Å². The maximum Gasteiger partial charge on any atom is 0.405 e. The normalized spacial score (nSPS) is 19.6. The molecule has 2 aromatic heterocycles. The predicted octanol–water partition coefficient (Wildman–Crippen LogP) is 6.16. The zero-order valence-corrected chi connectivity index (χ0v) is 43.6. The molecule has 6 atom stereocenters. The molecule has 4 fully saturated rings. The molecule has 2 unspecified atom stereocenters. The predicted molar refractivity (Wildman–Crippen MR) is 270 cm³/mol. The van der Waals surface area contributed by atoms with Crippen molar-refractivity contribution in [3.63, 3.8) is 0 Å². The van der Waals surface area contributed by atoms with Gasteiger partial charge < -0.3 is 35.8 Å². The molecule has 3 saturated heterocycles. The number of hydrogen-bond acceptors (Lipinski definition) is 11. The Hall–Kier alpha value is -6.81. The third-order valence-corrected chi connectivity index (χ3v) is 14.8. The van der Waals surface area contributed by atoms with Crippen molar-refractivity contribution >= 4 is 29.6 Å². The lowest BCUT2D eigenvalue weighted by Crippen LogP contribution is -2.62. The van der Waals surface area contributed by atoms with Crippen LogP contribution in [0.2, 0.25) is 0 Å². The van der Waals surface area contributed by atoms with E-state index < -0.39 is 102 Å². The number of rotatable bonds is 19. The standard InChI is InChI=1S/C54H63F7N10O7/c1-52(2,3)45(64-47(73)33-13-14-33)49(75)67-69(26-38-39(55)21-34(22-40(38)56)41-18-19-70(66-41)50(57)58)27-43(72)42(63-48(74)46(65-51(76)77)53(4,5)54(59,60)61)20-31-9-6-30(7-10-31)8-11-32-12-17-44(62-23-32)68-24-35-15-16-36(25-68)71(35)37-28-78-29-37/h6-7,9-10,12,17-19,21-23,33,35-37,42-43,45-46,50,65,72H,13-16,20,24-29H2,1-5H3,(H,63,74)(H,64,73)(H,67,75)(H,76,77)/t35?,36?,42-,43-,45+,46+/m0/s1. The van der Waals surface area contributed by atoms with E-state index in [2.05, 4.69) is 42.8 Å². The summed E-state index contributed by atoms with van der Waals surface area (Å²) in [5, 5.41) is 33.0. The third-order valence-electron chi connectivity index (χ3n) is 14.8. The molecule has 17 nitrogen and oxygen atoms in total. The van der Waals surface area contributed by atoms with Crippen molar-refractivity contribution in [2.75, 3.05) is 37.7 Å². The molecular formula is C54H63F7N10O7. The first-order valence-corrected chi connectivity index (χ1v) is 25.6. The number of hydrazine groups is 1. The van der Waals surface area contributed by atoms with Crippen molar-refractivity contribution in [2.45, 2.75) is 128 Å². The Morgan fingerprint density at radius 2 is 1.45 bits per heavy atom. The van der Waals surface area contributed by atoms with Crippen LogP contribution in [0, 0.1) is 40.2 Å². The average molecular weight is 1100 g/mol. The number of anilines is 1. The van der Waals surface area contributed by atoms with Crippen LogP contribution in [0.4, 0.5) is 41.3 Å². The van der Waals surface area contributed by atoms with Crippen LogP contribution < -0.4 is 26.3 Å². The molecule has 6 N–H and O–H groups in total. The summed E-state index contributed by atoms with van der Waals surface area (Å²) in [4.78, 5) is 62.7. The minimum atomic E-state index is -5.13. The highest BCUT2D eigenvalue weighted by atomic mass is 19.4. The molecule has 5 heterocycles. The number of nitrogens with zero attached hydrogens (tertiary/aromatic N) is 6. The fourth-order valence-electron chi connectivity index (χ4n) is 9.99. The topological polar surface area (TPSA) is 207 Å². The summed E-state index contributed by atoms with van der Waals surface area (Å²) in [6, 6.07) is 9.04. The largest absolute Gasteiger partial charge is 0.465 e. The lowest BCUT2D eigenvalue weighted by Gasteiger charge is -2.47. The average Bonchev–Trinajstić information content (AvgIpc) is 4.08. The Labute approximate surface area is 446 Å². The van der Waals surface area contributed by atoms with Crippen LogP contribution in [0.3, 0.4) is 0 Å². The van der Waals surface area contributed by atoms with E-state index in [1.54, 1.807) is 56.6 Å². The first kappa shape index (κ1) is 57.4. The summed E-state index contributed by atoms with van der Waals surface area (Å²) >= 11 is 0. The zero-order valence-electron chi connectivity index (χ0n) is 43.6. The number of nitrogens with one attached hydrogen (secondary N) is 4. The number of aliphatic hydroxyl groups is 1. The number of carboxylic acid groups (broad SMARTS) is 1. The summed E-state index contributed by atoms with van der Waals surface area (Å²) < 4.78 is 108. The third kappa shape index (κ3) is 13.5. The van der Waals surface area contributed by atoms with Crippen molar-refractivity contribution in [3.05, 3.63) is 101 Å². The molecule has 24 heteroatoms. The van der Waals surface area contributed by atoms with Gasteiger partial charge in [-0.3, -0.25) is 24.7 Å². The number of carbonyl (C=O) groups excluding carboxylic acids is 3. The molecule has 78 heavy (non-hydrogen) atoms.